The molecule has 184 valence electrons. The van der Waals surface area contributed by atoms with Gasteiger partial charge >= 0.3 is 18.1 Å². The summed E-state index contributed by atoms with van der Waals surface area (Å²) in [4.78, 5) is 65.9. The fourth-order valence-electron chi connectivity index (χ4n) is 5.41. The Bertz CT molecular complexity index is 822. The molecule has 3 fully saturated rings. The van der Waals surface area contributed by atoms with Gasteiger partial charge in [-0.2, -0.15) is 0 Å². The molecule has 1 spiro atoms. The number of ether oxygens (including phenoxy) is 2. The maximum absolute atomic E-state index is 13.1. The number of hydrogen-bond donors (Lipinski definition) is 1. The summed E-state index contributed by atoms with van der Waals surface area (Å²) in [6, 6.07) is -0.608. The van der Waals surface area contributed by atoms with Gasteiger partial charge in [-0.15, -0.1) is 0 Å². The largest absolute Gasteiger partial charge is 0.454 e. The third kappa shape index (κ3) is 5.56. The standard InChI is InChI=1S/C22H34N4O7/c1-5-32-20(31)25-8-6-24(7-9-25)16(27)13-33-17(28)12-26-18(29)22(23-19(26)30)11-15(2)10-21(3,4)14-22/h15H,5-14H2,1-4H3,(H,23,30)/t15-,22+/m0/s1. The van der Waals surface area contributed by atoms with Crippen LogP contribution in [0.3, 0.4) is 0 Å². The fraction of sp³-hybridized carbons (Fsp3) is 0.773. The SMILES string of the molecule is CCOC(=O)N1CCN(C(=O)COC(=O)CN2C(=O)N[C@@]3(C[C@@H](C)CC(C)(C)C3)C2=O)CC1. The summed E-state index contributed by atoms with van der Waals surface area (Å²) >= 11 is 0. The Morgan fingerprint density at radius 3 is 2.27 bits per heavy atom. The van der Waals surface area contributed by atoms with E-state index in [0.717, 1.165) is 11.3 Å². The molecule has 0 aromatic heterocycles. The minimum Gasteiger partial charge on any atom is -0.454 e. The van der Waals surface area contributed by atoms with Crippen molar-refractivity contribution in [1.29, 1.82) is 0 Å². The zero-order valence-electron chi connectivity index (χ0n) is 19.8. The number of carbonyl (C=O) groups excluding carboxylic acids is 5. The van der Waals surface area contributed by atoms with Crippen molar-refractivity contribution < 1.29 is 33.4 Å². The number of hydrogen-bond acceptors (Lipinski definition) is 7. The lowest BCUT2D eigenvalue weighted by Gasteiger charge is -2.43. The Morgan fingerprint density at radius 1 is 1.03 bits per heavy atom. The molecule has 1 N–H and O–H groups in total. The van der Waals surface area contributed by atoms with Crippen LogP contribution in [0.5, 0.6) is 0 Å². The Balaban J connectivity index is 1.48. The molecule has 3 rings (SSSR count). The minimum absolute atomic E-state index is 0.110. The van der Waals surface area contributed by atoms with Gasteiger partial charge in [-0.1, -0.05) is 20.8 Å². The van der Waals surface area contributed by atoms with Crippen LogP contribution < -0.4 is 5.32 Å². The molecule has 0 aromatic carbocycles. The number of urea groups is 1. The molecule has 1 aliphatic carbocycles. The Morgan fingerprint density at radius 2 is 1.67 bits per heavy atom. The first kappa shape index (κ1) is 24.8. The summed E-state index contributed by atoms with van der Waals surface area (Å²) in [7, 11) is 0. The molecule has 11 heteroatoms. The molecular weight excluding hydrogens is 432 g/mol. The number of carbonyl (C=O) groups is 5. The van der Waals surface area contributed by atoms with Crippen molar-refractivity contribution in [1.82, 2.24) is 20.0 Å². The number of nitrogens with zero attached hydrogens (tertiary/aromatic N) is 3. The summed E-state index contributed by atoms with van der Waals surface area (Å²) < 4.78 is 10.0. The minimum atomic E-state index is -0.993. The van der Waals surface area contributed by atoms with Gasteiger partial charge in [-0.25, -0.2) is 9.59 Å². The van der Waals surface area contributed by atoms with E-state index in [1.165, 1.54) is 9.80 Å². The molecule has 33 heavy (non-hydrogen) atoms. The van der Waals surface area contributed by atoms with Crippen molar-refractivity contribution in [2.24, 2.45) is 11.3 Å². The smallest absolute Gasteiger partial charge is 0.409 e. The summed E-state index contributed by atoms with van der Waals surface area (Å²) in [5.41, 5.74) is -1.10. The molecule has 5 amide bonds. The monoisotopic (exact) mass is 466 g/mol. The van der Waals surface area contributed by atoms with E-state index in [4.69, 9.17) is 9.47 Å². The number of imide groups is 1. The van der Waals surface area contributed by atoms with E-state index in [2.05, 4.69) is 26.1 Å². The third-order valence-electron chi connectivity index (χ3n) is 6.43. The molecule has 2 atom stereocenters. The second-order valence-electron chi connectivity index (χ2n) is 9.99. The van der Waals surface area contributed by atoms with E-state index in [-0.39, 0.29) is 17.9 Å². The Hall–Kier alpha value is -2.85. The normalized spacial score (nSPS) is 26.9. The molecule has 2 saturated heterocycles. The van der Waals surface area contributed by atoms with Crippen molar-refractivity contribution in [3.8, 4) is 0 Å². The first-order valence-electron chi connectivity index (χ1n) is 11.5. The first-order valence-corrected chi connectivity index (χ1v) is 11.5. The number of rotatable bonds is 5. The number of amides is 5. The zero-order valence-corrected chi connectivity index (χ0v) is 19.8. The van der Waals surface area contributed by atoms with Gasteiger partial charge in [0.1, 0.15) is 12.1 Å². The zero-order chi connectivity index (χ0) is 24.4. The highest BCUT2D eigenvalue weighted by molar-refractivity contribution is 6.08. The molecule has 0 radical (unpaired) electrons. The van der Waals surface area contributed by atoms with Crippen molar-refractivity contribution >= 4 is 29.9 Å². The average molecular weight is 467 g/mol. The molecule has 2 aliphatic heterocycles. The molecule has 11 nitrogen and oxygen atoms in total. The van der Waals surface area contributed by atoms with E-state index < -0.39 is 48.6 Å². The Labute approximate surface area is 193 Å². The van der Waals surface area contributed by atoms with Gasteiger partial charge in [0.25, 0.3) is 11.8 Å². The number of piperazine rings is 1. The lowest BCUT2D eigenvalue weighted by molar-refractivity contribution is -0.154. The van der Waals surface area contributed by atoms with E-state index in [0.29, 0.717) is 39.0 Å². The van der Waals surface area contributed by atoms with Gasteiger partial charge < -0.3 is 24.6 Å². The van der Waals surface area contributed by atoms with Crippen LogP contribution in [-0.2, 0) is 23.9 Å². The van der Waals surface area contributed by atoms with Gasteiger partial charge in [0.2, 0.25) is 0 Å². The van der Waals surface area contributed by atoms with Crippen LogP contribution >= 0.6 is 0 Å². The third-order valence-corrected chi connectivity index (χ3v) is 6.43. The fourth-order valence-corrected chi connectivity index (χ4v) is 5.41. The molecule has 0 aromatic rings. The van der Waals surface area contributed by atoms with Crippen LogP contribution in [0.15, 0.2) is 0 Å². The lowest BCUT2D eigenvalue weighted by Crippen LogP contribution is -2.54. The van der Waals surface area contributed by atoms with Gasteiger partial charge in [-0.05, 0) is 37.5 Å². The van der Waals surface area contributed by atoms with Gasteiger partial charge in [0, 0.05) is 26.2 Å². The van der Waals surface area contributed by atoms with Crippen LogP contribution in [0.25, 0.3) is 0 Å². The number of nitrogens with one attached hydrogen (secondary N) is 1. The molecule has 2 heterocycles. The maximum atomic E-state index is 13.1. The molecular formula is C22H34N4O7. The second kappa shape index (κ2) is 9.56. The highest BCUT2D eigenvalue weighted by atomic mass is 16.6. The number of esters is 1. The highest BCUT2D eigenvalue weighted by Crippen LogP contribution is 2.46. The first-order chi connectivity index (χ1) is 15.5. The van der Waals surface area contributed by atoms with Crippen molar-refractivity contribution in [3.05, 3.63) is 0 Å². The van der Waals surface area contributed by atoms with Gasteiger partial charge in [0.15, 0.2) is 6.61 Å². The van der Waals surface area contributed by atoms with Crippen LogP contribution in [-0.4, -0.2) is 96.1 Å². The molecule has 1 saturated carbocycles. The van der Waals surface area contributed by atoms with Crippen molar-refractivity contribution in [2.45, 2.75) is 52.5 Å². The average Bonchev–Trinajstić information content (AvgIpc) is 2.94. The van der Waals surface area contributed by atoms with Gasteiger partial charge in [0.05, 0.1) is 6.61 Å². The summed E-state index contributed by atoms with van der Waals surface area (Å²) in [5, 5.41) is 2.81. The summed E-state index contributed by atoms with van der Waals surface area (Å²) in [5.74, 6) is -1.38. The molecule has 3 aliphatic rings. The predicted octanol–water partition coefficient (Wildman–Crippen LogP) is 0.967. The van der Waals surface area contributed by atoms with E-state index in [9.17, 15) is 24.0 Å². The van der Waals surface area contributed by atoms with Crippen LogP contribution in [0, 0.1) is 11.3 Å². The molecule has 0 bridgehead atoms. The van der Waals surface area contributed by atoms with Crippen molar-refractivity contribution in [2.75, 3.05) is 45.9 Å². The van der Waals surface area contributed by atoms with Gasteiger partial charge in [-0.3, -0.25) is 19.3 Å². The predicted molar refractivity (Wildman–Crippen MR) is 116 cm³/mol. The topological polar surface area (TPSA) is 126 Å². The summed E-state index contributed by atoms with van der Waals surface area (Å²) in [6.07, 6.45) is 1.58. The quantitative estimate of drug-likeness (QED) is 0.473. The van der Waals surface area contributed by atoms with E-state index in [1.54, 1.807) is 6.92 Å². The van der Waals surface area contributed by atoms with E-state index >= 15 is 0 Å². The van der Waals surface area contributed by atoms with Crippen LogP contribution in [0.1, 0.15) is 47.0 Å². The Kier molecular flexibility index (Phi) is 7.18. The van der Waals surface area contributed by atoms with E-state index in [1.807, 2.05) is 0 Å². The van der Waals surface area contributed by atoms with Crippen LogP contribution in [0.2, 0.25) is 0 Å². The second-order valence-corrected chi connectivity index (χ2v) is 9.99. The maximum Gasteiger partial charge on any atom is 0.409 e. The highest BCUT2D eigenvalue weighted by Gasteiger charge is 2.56. The van der Waals surface area contributed by atoms with Crippen molar-refractivity contribution in [3.63, 3.8) is 0 Å². The summed E-state index contributed by atoms with van der Waals surface area (Å²) in [6.45, 7) is 8.44. The molecule has 0 unspecified atom stereocenters. The van der Waals surface area contributed by atoms with Crippen LogP contribution in [0.4, 0.5) is 9.59 Å². The lowest BCUT2D eigenvalue weighted by atomic mass is 9.64.